The fraction of sp³-hybridized carbons (Fsp3) is 0.0385. The maximum Gasteiger partial charge on any atom is 0.165 e. The average Bonchev–Trinajstić information content (AvgIpc) is 3.92. The summed E-state index contributed by atoms with van der Waals surface area (Å²) in [6.45, 7) is 0. The van der Waals surface area contributed by atoms with Crippen molar-refractivity contribution in [1.29, 1.82) is 0 Å². The third-order valence-electron chi connectivity index (χ3n) is 12.4. The molecule has 3 aliphatic rings. The maximum atomic E-state index is 5.64. The van der Waals surface area contributed by atoms with E-state index in [0.717, 1.165) is 39.2 Å². The molecule has 0 spiro atoms. The molecule has 2 aromatic heterocycles. The molecule has 0 saturated heterocycles. The van der Waals surface area contributed by atoms with Gasteiger partial charge < -0.3 is 4.90 Å². The maximum absolute atomic E-state index is 5.64. The third kappa shape index (κ3) is 3.92. The zero-order valence-electron chi connectivity index (χ0n) is 30.3. The van der Waals surface area contributed by atoms with Gasteiger partial charge in [-0.2, -0.15) is 0 Å². The van der Waals surface area contributed by atoms with Crippen molar-refractivity contribution in [3.63, 3.8) is 0 Å². The quantitative estimate of drug-likeness (QED) is 0.183. The molecule has 0 bridgehead atoms. The van der Waals surface area contributed by atoms with Crippen LogP contribution in [0.4, 0.5) is 11.4 Å². The second-order valence-electron chi connectivity index (χ2n) is 15.2. The Kier molecular flexibility index (Phi) is 5.97. The van der Waals surface area contributed by atoms with E-state index in [1.807, 2.05) is 0 Å². The molecule has 0 N–H and O–H groups in total. The number of para-hydroxylation sites is 3. The highest BCUT2D eigenvalue weighted by molar-refractivity contribution is 6.32. The molecular weight excluding hydrogens is 681 g/mol. The van der Waals surface area contributed by atoms with Crippen LogP contribution >= 0.6 is 0 Å². The number of fused-ring (bicyclic) bond motifs is 16. The lowest BCUT2D eigenvalue weighted by molar-refractivity contribution is 0.784. The highest BCUT2D eigenvalue weighted by atomic mass is 15.2. The summed E-state index contributed by atoms with van der Waals surface area (Å²) < 4.78 is 2.47. The predicted molar refractivity (Wildman–Crippen MR) is 232 cm³/mol. The van der Waals surface area contributed by atoms with Crippen molar-refractivity contribution in [2.45, 2.75) is 12.0 Å². The molecule has 1 aliphatic carbocycles. The van der Waals surface area contributed by atoms with Gasteiger partial charge in [0.1, 0.15) is 5.69 Å². The Bertz CT molecular complexity index is 3390. The molecule has 8 aromatic carbocycles. The minimum atomic E-state index is 0.175. The van der Waals surface area contributed by atoms with E-state index in [0.29, 0.717) is 0 Å². The molecule has 13 rings (SSSR count). The highest BCUT2D eigenvalue weighted by Gasteiger charge is 2.49. The summed E-state index contributed by atoms with van der Waals surface area (Å²) in [6, 6.07) is 59.3. The normalized spacial score (nSPS) is 16.6. The first kappa shape index (κ1) is 30.1. The molecule has 2 aliphatic heterocycles. The first-order valence-corrected chi connectivity index (χ1v) is 19.4. The molecule has 0 radical (unpaired) electrons. The van der Waals surface area contributed by atoms with Gasteiger partial charge in [-0.3, -0.25) is 4.57 Å². The Morgan fingerprint density at radius 2 is 1.25 bits per heavy atom. The first-order valence-electron chi connectivity index (χ1n) is 19.4. The summed E-state index contributed by atoms with van der Waals surface area (Å²) in [5.41, 5.74) is 14.8. The van der Waals surface area contributed by atoms with Gasteiger partial charge in [0.2, 0.25) is 0 Å². The van der Waals surface area contributed by atoms with Crippen molar-refractivity contribution in [3.8, 4) is 28.2 Å². The van der Waals surface area contributed by atoms with E-state index in [-0.39, 0.29) is 12.0 Å². The standard InChI is InChI=1S/C52H32N4/c1-2-14-31(15-3-1)33-17-12-18-34(30-33)48-52(54-42-26-10-9-25-41(42)53-48)56-44-29-28-32-16-4-5-19-35(32)46(44)47-38-22-7-6-21-37(38)45-40-24-13-23-39-36-20-8-11-27-43(36)55(49(39)40)50(45)51(47)56/h1-30,40,49H. The molecule has 4 heteroatoms. The van der Waals surface area contributed by atoms with E-state index in [2.05, 4.69) is 191 Å². The van der Waals surface area contributed by atoms with Crippen LogP contribution in [0.1, 0.15) is 17.0 Å². The van der Waals surface area contributed by atoms with E-state index in [9.17, 15) is 0 Å². The fourth-order valence-corrected chi connectivity index (χ4v) is 10.2. The van der Waals surface area contributed by atoms with E-state index in [1.54, 1.807) is 0 Å². The predicted octanol–water partition coefficient (Wildman–Crippen LogP) is 12.9. The monoisotopic (exact) mass is 712 g/mol. The lowest BCUT2D eigenvalue weighted by Gasteiger charge is -2.25. The molecule has 10 aromatic rings. The Balaban J connectivity index is 1.25. The van der Waals surface area contributed by atoms with Crippen molar-refractivity contribution in [2.75, 3.05) is 4.90 Å². The lowest BCUT2D eigenvalue weighted by atomic mass is 9.82. The highest BCUT2D eigenvalue weighted by Crippen LogP contribution is 2.62. The number of rotatable bonds is 3. The lowest BCUT2D eigenvalue weighted by Crippen LogP contribution is -2.26. The number of aromatic nitrogens is 3. The molecule has 0 fully saturated rings. The molecule has 4 nitrogen and oxygen atoms in total. The molecule has 0 saturated carbocycles. The molecule has 56 heavy (non-hydrogen) atoms. The average molecular weight is 713 g/mol. The Morgan fingerprint density at radius 1 is 0.536 bits per heavy atom. The summed E-state index contributed by atoms with van der Waals surface area (Å²) in [5, 5.41) is 7.52. The summed E-state index contributed by atoms with van der Waals surface area (Å²) >= 11 is 0. The van der Waals surface area contributed by atoms with Gasteiger partial charge in [0, 0.05) is 33.5 Å². The van der Waals surface area contributed by atoms with Gasteiger partial charge in [0.25, 0.3) is 0 Å². The topological polar surface area (TPSA) is 34.0 Å². The second kappa shape index (κ2) is 11.1. The Hall–Kier alpha value is -7.30. The molecule has 260 valence electrons. The van der Waals surface area contributed by atoms with E-state index in [4.69, 9.17) is 9.97 Å². The zero-order valence-corrected chi connectivity index (χ0v) is 30.3. The molecule has 2 atom stereocenters. The number of anilines is 2. The summed E-state index contributed by atoms with van der Waals surface area (Å²) in [5.74, 6) is 1.02. The number of nitrogens with zero attached hydrogens (tertiary/aromatic N) is 4. The van der Waals surface area contributed by atoms with Crippen LogP contribution in [-0.2, 0) is 0 Å². The minimum Gasteiger partial charge on any atom is -0.330 e. The van der Waals surface area contributed by atoms with E-state index in [1.165, 1.54) is 71.5 Å². The Morgan fingerprint density at radius 3 is 2.14 bits per heavy atom. The summed E-state index contributed by atoms with van der Waals surface area (Å²) in [4.78, 5) is 13.8. The largest absolute Gasteiger partial charge is 0.330 e. The number of benzene rings is 8. The smallest absolute Gasteiger partial charge is 0.165 e. The zero-order chi connectivity index (χ0) is 36.5. The molecular formula is C52H32N4. The molecule has 0 amide bonds. The van der Waals surface area contributed by atoms with Crippen molar-refractivity contribution < 1.29 is 0 Å². The van der Waals surface area contributed by atoms with Gasteiger partial charge in [0.15, 0.2) is 5.82 Å². The van der Waals surface area contributed by atoms with Crippen LogP contribution in [0.15, 0.2) is 182 Å². The summed E-state index contributed by atoms with van der Waals surface area (Å²) in [6.07, 6.45) is 7.04. The van der Waals surface area contributed by atoms with Crippen molar-refractivity contribution in [1.82, 2.24) is 14.5 Å². The molecule has 2 unspecified atom stereocenters. The Labute approximate surface area is 322 Å². The second-order valence-corrected chi connectivity index (χ2v) is 15.2. The van der Waals surface area contributed by atoms with Crippen LogP contribution in [0.25, 0.3) is 88.2 Å². The van der Waals surface area contributed by atoms with Crippen molar-refractivity contribution in [2.24, 2.45) is 0 Å². The van der Waals surface area contributed by atoms with Gasteiger partial charge in [-0.1, -0.05) is 152 Å². The van der Waals surface area contributed by atoms with Gasteiger partial charge in [-0.05, 0) is 74.1 Å². The van der Waals surface area contributed by atoms with Gasteiger partial charge in [0.05, 0.1) is 33.8 Å². The van der Waals surface area contributed by atoms with Crippen LogP contribution in [0.5, 0.6) is 0 Å². The van der Waals surface area contributed by atoms with Crippen LogP contribution in [0, 0.1) is 0 Å². The van der Waals surface area contributed by atoms with Gasteiger partial charge >= 0.3 is 0 Å². The minimum absolute atomic E-state index is 0.175. The van der Waals surface area contributed by atoms with Crippen molar-refractivity contribution in [3.05, 3.63) is 193 Å². The number of hydrogen-bond donors (Lipinski definition) is 0. The van der Waals surface area contributed by atoms with Crippen LogP contribution in [0.2, 0.25) is 0 Å². The van der Waals surface area contributed by atoms with Crippen LogP contribution < -0.4 is 4.90 Å². The van der Waals surface area contributed by atoms with Crippen molar-refractivity contribution >= 4 is 71.3 Å². The summed E-state index contributed by atoms with van der Waals surface area (Å²) in [7, 11) is 0. The number of allylic oxidation sites excluding steroid dienone is 2. The van der Waals surface area contributed by atoms with Gasteiger partial charge in [-0.25, -0.2) is 9.97 Å². The number of hydrogen-bond acceptors (Lipinski definition) is 3. The van der Waals surface area contributed by atoms with Crippen LogP contribution in [0.3, 0.4) is 0 Å². The van der Waals surface area contributed by atoms with Crippen LogP contribution in [-0.4, -0.2) is 20.6 Å². The van der Waals surface area contributed by atoms with E-state index < -0.39 is 0 Å². The third-order valence-corrected chi connectivity index (χ3v) is 12.4. The van der Waals surface area contributed by atoms with Gasteiger partial charge in [-0.15, -0.1) is 0 Å². The fourth-order valence-electron chi connectivity index (χ4n) is 10.2. The first-order chi connectivity index (χ1) is 27.8. The SMILES string of the molecule is C1=CC2c3c(c4c(c5ccccc35)c3c5ccccc5ccc3n4-c3nc4ccccc4nc3-c3cccc(-c4ccccc4)c3)N3c4ccccc4C(=C1)C23. The van der Waals surface area contributed by atoms with E-state index >= 15 is 0 Å². The molecule has 4 heterocycles.